The van der Waals surface area contributed by atoms with Crippen LogP contribution in [0.1, 0.15) is 44.1 Å². The molecule has 3 unspecified atom stereocenters. The van der Waals surface area contributed by atoms with E-state index in [4.69, 9.17) is 9.26 Å². The van der Waals surface area contributed by atoms with E-state index in [-0.39, 0.29) is 36.1 Å². The molecule has 0 radical (unpaired) electrons. The molecule has 2 amide bonds. The van der Waals surface area contributed by atoms with Crippen molar-refractivity contribution < 1.29 is 23.6 Å². The maximum Gasteiger partial charge on any atom is 0.329 e. The Balaban J connectivity index is 1.38. The van der Waals surface area contributed by atoms with Crippen molar-refractivity contribution in [2.45, 2.75) is 52.2 Å². The number of hydrogen-bond donors (Lipinski definition) is 0. The number of amides is 2. The molecule has 2 fully saturated rings. The van der Waals surface area contributed by atoms with Crippen molar-refractivity contribution in [2.24, 2.45) is 11.8 Å². The zero-order chi connectivity index (χ0) is 20.5. The number of aryl methyl sites for hydroxylation is 1. The Labute approximate surface area is 168 Å². The molecule has 1 aromatic heterocycles. The van der Waals surface area contributed by atoms with E-state index >= 15 is 0 Å². The van der Waals surface area contributed by atoms with Crippen LogP contribution in [-0.4, -0.2) is 38.9 Å². The third kappa shape index (κ3) is 3.66. The van der Waals surface area contributed by atoms with Crippen LogP contribution in [-0.2, 0) is 25.7 Å². The zero-order valence-corrected chi connectivity index (χ0v) is 16.5. The van der Waals surface area contributed by atoms with E-state index in [1.165, 1.54) is 6.92 Å². The molecule has 2 heterocycles. The summed E-state index contributed by atoms with van der Waals surface area (Å²) in [6, 6.07) is 6.66. The van der Waals surface area contributed by atoms with Gasteiger partial charge in [-0.25, -0.2) is 4.79 Å². The second kappa shape index (κ2) is 7.77. The maximum absolute atomic E-state index is 12.6. The highest BCUT2D eigenvalue weighted by Gasteiger charge is 2.51. The highest BCUT2D eigenvalue weighted by molar-refractivity contribution is 6.07. The van der Waals surface area contributed by atoms with Crippen molar-refractivity contribution >= 4 is 17.8 Å². The first-order chi connectivity index (χ1) is 14.0. The second-order valence-corrected chi connectivity index (χ2v) is 7.71. The second-order valence-electron chi connectivity index (χ2n) is 7.71. The highest BCUT2D eigenvalue weighted by Crippen LogP contribution is 2.38. The van der Waals surface area contributed by atoms with Crippen LogP contribution < -0.4 is 0 Å². The summed E-state index contributed by atoms with van der Waals surface area (Å²) >= 11 is 0. The van der Waals surface area contributed by atoms with Gasteiger partial charge in [-0.2, -0.15) is 4.98 Å². The highest BCUT2D eigenvalue weighted by atomic mass is 16.6. The lowest BCUT2D eigenvalue weighted by Crippen LogP contribution is -2.44. The number of benzene rings is 1. The Hall–Kier alpha value is -3.03. The van der Waals surface area contributed by atoms with Crippen molar-refractivity contribution in [3.05, 3.63) is 35.7 Å². The summed E-state index contributed by atoms with van der Waals surface area (Å²) < 4.78 is 10.4. The van der Waals surface area contributed by atoms with Gasteiger partial charge in [0.2, 0.25) is 17.6 Å². The number of carbonyl (C=O) groups is 3. The number of ether oxygens (including phenoxy) is 1. The molecule has 0 N–H and O–H groups in total. The molecule has 8 heteroatoms. The predicted octanol–water partition coefficient (Wildman–Crippen LogP) is 2.65. The van der Waals surface area contributed by atoms with Gasteiger partial charge in [-0.1, -0.05) is 47.8 Å². The molecule has 1 aliphatic carbocycles. The number of likely N-dealkylation sites (tertiary alicyclic amines) is 1. The topological polar surface area (TPSA) is 103 Å². The number of rotatable bonds is 5. The largest absolute Gasteiger partial charge is 0.454 e. The van der Waals surface area contributed by atoms with E-state index < -0.39 is 12.0 Å². The summed E-state index contributed by atoms with van der Waals surface area (Å²) in [6.07, 6.45) is 3.29. The van der Waals surface area contributed by atoms with Gasteiger partial charge in [0.1, 0.15) is 6.04 Å². The third-order valence-corrected chi connectivity index (χ3v) is 5.72. The molecule has 2 aliphatic rings. The SMILES string of the molecule is Cc1ccc(-c2noc(COC(=O)C(C)N3C(=O)C4CCCCC4C3=O)n2)cc1. The minimum Gasteiger partial charge on any atom is -0.454 e. The Kier molecular flexibility index (Phi) is 5.17. The molecule has 1 aliphatic heterocycles. The predicted molar refractivity (Wildman–Crippen MR) is 101 cm³/mol. The fourth-order valence-corrected chi connectivity index (χ4v) is 4.06. The molecule has 0 spiro atoms. The zero-order valence-electron chi connectivity index (χ0n) is 16.5. The summed E-state index contributed by atoms with van der Waals surface area (Å²) in [6.45, 7) is 3.28. The Bertz CT molecular complexity index is 912. The van der Waals surface area contributed by atoms with E-state index in [1.807, 2.05) is 31.2 Å². The van der Waals surface area contributed by atoms with Crippen molar-refractivity contribution in [3.63, 3.8) is 0 Å². The van der Waals surface area contributed by atoms with Crippen LogP contribution in [0.15, 0.2) is 28.8 Å². The average molecular weight is 397 g/mol. The quantitative estimate of drug-likeness (QED) is 0.564. The van der Waals surface area contributed by atoms with Crippen LogP contribution in [0.3, 0.4) is 0 Å². The molecule has 1 saturated carbocycles. The van der Waals surface area contributed by atoms with Crippen LogP contribution in [0.2, 0.25) is 0 Å². The van der Waals surface area contributed by atoms with Gasteiger partial charge in [0.25, 0.3) is 5.89 Å². The lowest BCUT2D eigenvalue weighted by molar-refractivity contribution is -0.159. The van der Waals surface area contributed by atoms with Crippen LogP contribution in [0, 0.1) is 18.8 Å². The van der Waals surface area contributed by atoms with Gasteiger partial charge in [-0.3, -0.25) is 14.5 Å². The minimum atomic E-state index is -0.972. The van der Waals surface area contributed by atoms with E-state index in [2.05, 4.69) is 10.1 Å². The molecule has 1 aromatic carbocycles. The summed E-state index contributed by atoms with van der Waals surface area (Å²) in [5.41, 5.74) is 1.91. The monoisotopic (exact) mass is 397 g/mol. The van der Waals surface area contributed by atoms with Gasteiger partial charge in [0.05, 0.1) is 11.8 Å². The standard InChI is InChI=1S/C21H23N3O5/c1-12-7-9-14(10-8-12)18-22-17(29-23-18)11-28-21(27)13(2)24-19(25)15-5-3-4-6-16(15)20(24)26/h7-10,13,15-16H,3-6,11H2,1-2H3. The van der Waals surface area contributed by atoms with Gasteiger partial charge in [0.15, 0.2) is 6.61 Å². The lowest BCUT2D eigenvalue weighted by atomic mass is 9.81. The average Bonchev–Trinajstić information content (AvgIpc) is 3.30. The Morgan fingerprint density at radius 2 is 1.79 bits per heavy atom. The number of nitrogens with zero attached hydrogens (tertiary/aromatic N) is 3. The molecule has 8 nitrogen and oxygen atoms in total. The first-order valence-electron chi connectivity index (χ1n) is 9.89. The fourth-order valence-electron chi connectivity index (χ4n) is 4.06. The van der Waals surface area contributed by atoms with Gasteiger partial charge in [-0.05, 0) is 26.7 Å². The third-order valence-electron chi connectivity index (χ3n) is 5.72. The van der Waals surface area contributed by atoms with Crippen LogP contribution in [0.25, 0.3) is 11.4 Å². The van der Waals surface area contributed by atoms with Crippen molar-refractivity contribution in [2.75, 3.05) is 0 Å². The Morgan fingerprint density at radius 1 is 1.17 bits per heavy atom. The van der Waals surface area contributed by atoms with Crippen LogP contribution in [0.4, 0.5) is 0 Å². The molecular weight excluding hydrogens is 374 g/mol. The number of esters is 1. The number of fused-ring (bicyclic) bond motifs is 1. The molecule has 4 rings (SSSR count). The number of carbonyl (C=O) groups excluding carboxylic acids is 3. The molecule has 2 aromatic rings. The summed E-state index contributed by atoms with van der Waals surface area (Å²) in [5, 5.41) is 3.89. The minimum absolute atomic E-state index is 0.147. The van der Waals surface area contributed by atoms with Crippen LogP contribution >= 0.6 is 0 Å². The first-order valence-corrected chi connectivity index (χ1v) is 9.89. The van der Waals surface area contributed by atoms with Gasteiger partial charge in [0, 0.05) is 5.56 Å². The molecule has 1 saturated heterocycles. The van der Waals surface area contributed by atoms with Crippen LogP contribution in [0.5, 0.6) is 0 Å². The summed E-state index contributed by atoms with van der Waals surface area (Å²) in [4.78, 5) is 43.0. The number of hydrogen-bond acceptors (Lipinski definition) is 7. The van der Waals surface area contributed by atoms with Crippen molar-refractivity contribution in [1.29, 1.82) is 0 Å². The van der Waals surface area contributed by atoms with E-state index in [0.717, 1.165) is 28.9 Å². The van der Waals surface area contributed by atoms with Gasteiger partial charge in [-0.15, -0.1) is 0 Å². The van der Waals surface area contributed by atoms with Gasteiger partial charge >= 0.3 is 5.97 Å². The number of aromatic nitrogens is 2. The molecular formula is C21H23N3O5. The van der Waals surface area contributed by atoms with E-state index in [0.29, 0.717) is 18.7 Å². The summed E-state index contributed by atoms with van der Waals surface area (Å²) in [7, 11) is 0. The fraction of sp³-hybridized carbons (Fsp3) is 0.476. The van der Waals surface area contributed by atoms with Gasteiger partial charge < -0.3 is 9.26 Å². The van der Waals surface area contributed by atoms with Crippen molar-refractivity contribution in [1.82, 2.24) is 15.0 Å². The smallest absolute Gasteiger partial charge is 0.329 e. The normalized spacial score (nSPS) is 22.5. The molecule has 152 valence electrons. The Morgan fingerprint density at radius 3 is 2.41 bits per heavy atom. The number of imide groups is 1. The molecule has 0 bridgehead atoms. The van der Waals surface area contributed by atoms with E-state index in [9.17, 15) is 14.4 Å². The van der Waals surface area contributed by atoms with Crippen molar-refractivity contribution in [3.8, 4) is 11.4 Å². The maximum atomic E-state index is 12.6. The molecule has 29 heavy (non-hydrogen) atoms. The lowest BCUT2D eigenvalue weighted by Gasteiger charge is -2.21. The molecule has 3 atom stereocenters. The summed E-state index contributed by atoms with van der Waals surface area (Å²) in [5.74, 6) is -1.22. The first kappa shape index (κ1) is 19.3. The van der Waals surface area contributed by atoms with E-state index in [1.54, 1.807) is 0 Å².